The van der Waals surface area contributed by atoms with Crippen molar-refractivity contribution in [2.75, 3.05) is 19.6 Å². The standard InChI is InChI=1S/C6H21NO18P6/c8-26(9,10)4(27(11,12)13)1-7(2-5(28(14,15)16)29(17,18)19)3-6(30(20,21)22)31(23,24)25/h4-6H,1-3H2,(H2,8,9,10)(H2,11,12,13)(H2,14,15,16)(H2,17,18,19)(H2,20,21,22)(H2,23,24,25). The predicted octanol–water partition coefficient (Wildman–Crippen LogP) is -2.67. The SMILES string of the molecule is O=P(O)(O)C(CN(CC(P(=O)(O)O)P(=O)(O)O)CC(P(=O)(O)O)P(=O)(O)O)P(=O)(O)O. The molecule has 0 bridgehead atoms. The third-order valence-electron chi connectivity index (χ3n) is 3.59. The zero-order chi connectivity index (χ0) is 25.4. The van der Waals surface area contributed by atoms with Crippen molar-refractivity contribution >= 4 is 45.6 Å². The Hall–Kier alpha value is 0.860. The summed E-state index contributed by atoms with van der Waals surface area (Å²) in [6.45, 7) is -5.16. The van der Waals surface area contributed by atoms with E-state index in [0.717, 1.165) is 0 Å². The lowest BCUT2D eigenvalue weighted by Crippen LogP contribution is -2.42. The quantitative estimate of drug-likeness (QED) is 0.105. The van der Waals surface area contributed by atoms with Gasteiger partial charge in [0.05, 0.1) is 0 Å². The molecule has 12 N–H and O–H groups in total. The Morgan fingerprint density at radius 2 is 0.516 bits per heavy atom. The highest BCUT2D eigenvalue weighted by Gasteiger charge is 2.51. The van der Waals surface area contributed by atoms with E-state index in [1.165, 1.54) is 0 Å². The van der Waals surface area contributed by atoms with Gasteiger partial charge in [0.2, 0.25) is 0 Å². The Kier molecular flexibility index (Phi) is 10.5. The van der Waals surface area contributed by atoms with Crippen molar-refractivity contribution in [2.45, 2.75) is 16.2 Å². The van der Waals surface area contributed by atoms with Crippen LogP contribution in [0, 0.1) is 0 Å². The maximum absolute atomic E-state index is 11.4. The van der Waals surface area contributed by atoms with E-state index in [1.54, 1.807) is 0 Å². The maximum Gasteiger partial charge on any atom is 0.342 e. The van der Waals surface area contributed by atoms with Crippen molar-refractivity contribution in [1.29, 1.82) is 0 Å². The molecular formula is C6H21NO18P6. The van der Waals surface area contributed by atoms with Gasteiger partial charge in [-0.3, -0.25) is 32.3 Å². The second kappa shape index (κ2) is 10.2. The molecule has 0 aromatic rings. The maximum atomic E-state index is 11.4. The molecule has 0 aliphatic heterocycles. The molecule has 0 aliphatic rings. The summed E-state index contributed by atoms with van der Waals surface area (Å²) >= 11 is 0. The largest absolute Gasteiger partial charge is 0.342 e. The van der Waals surface area contributed by atoms with Crippen LogP contribution in [0.1, 0.15) is 0 Å². The molecule has 0 amide bonds. The van der Waals surface area contributed by atoms with Gasteiger partial charge in [0.25, 0.3) is 0 Å². The molecule has 0 unspecified atom stereocenters. The first-order chi connectivity index (χ1) is 13.2. The summed E-state index contributed by atoms with van der Waals surface area (Å²) in [6.07, 6.45) is 0. The Morgan fingerprint density at radius 1 is 0.387 bits per heavy atom. The molecule has 31 heavy (non-hydrogen) atoms. The molecule has 188 valence electrons. The van der Waals surface area contributed by atoms with Crippen LogP contribution >= 0.6 is 45.6 Å². The molecule has 0 aliphatic carbocycles. The van der Waals surface area contributed by atoms with Crippen molar-refractivity contribution in [3.8, 4) is 0 Å². The number of rotatable bonds is 12. The topological polar surface area (TPSA) is 348 Å². The van der Waals surface area contributed by atoms with Crippen LogP contribution in [0.3, 0.4) is 0 Å². The van der Waals surface area contributed by atoms with Crippen LogP contribution < -0.4 is 0 Å². The van der Waals surface area contributed by atoms with E-state index in [-0.39, 0.29) is 4.90 Å². The average molecular weight is 581 g/mol. The number of hydrogen-bond donors (Lipinski definition) is 12. The minimum Gasteiger partial charge on any atom is -0.324 e. The van der Waals surface area contributed by atoms with E-state index in [1.807, 2.05) is 0 Å². The zero-order valence-corrected chi connectivity index (χ0v) is 20.2. The van der Waals surface area contributed by atoms with Gasteiger partial charge < -0.3 is 58.7 Å². The van der Waals surface area contributed by atoms with E-state index in [2.05, 4.69) is 0 Å². The van der Waals surface area contributed by atoms with Crippen LogP contribution in [-0.2, 0) is 27.4 Å². The van der Waals surface area contributed by atoms with E-state index in [0.29, 0.717) is 0 Å². The highest BCUT2D eigenvalue weighted by atomic mass is 31.2. The summed E-state index contributed by atoms with van der Waals surface area (Å²) in [5, 5.41) is -9.12. The Bertz CT molecular complexity index is 725. The summed E-state index contributed by atoms with van der Waals surface area (Å²) in [6, 6.07) is 0. The summed E-state index contributed by atoms with van der Waals surface area (Å²) in [7, 11) is -34.7. The van der Waals surface area contributed by atoms with Gasteiger partial charge in [-0.05, 0) is 0 Å². The molecule has 0 atom stereocenters. The van der Waals surface area contributed by atoms with Crippen molar-refractivity contribution in [2.24, 2.45) is 0 Å². The first kappa shape index (κ1) is 31.9. The fourth-order valence-corrected chi connectivity index (χ4v) is 9.51. The molecule has 0 heterocycles. The first-order valence-corrected chi connectivity index (χ1v) is 17.3. The van der Waals surface area contributed by atoms with E-state index >= 15 is 0 Å². The van der Waals surface area contributed by atoms with Gasteiger partial charge in [0.1, 0.15) is 0 Å². The third kappa shape index (κ3) is 10.8. The first-order valence-electron chi connectivity index (χ1n) is 7.22. The van der Waals surface area contributed by atoms with Crippen molar-refractivity contribution in [3.63, 3.8) is 0 Å². The Balaban J connectivity index is 6.55. The zero-order valence-electron chi connectivity index (χ0n) is 14.8. The lowest BCUT2D eigenvalue weighted by atomic mass is 10.5. The van der Waals surface area contributed by atoms with E-state index < -0.39 is 81.4 Å². The highest BCUT2D eigenvalue weighted by molar-refractivity contribution is 7.72. The average Bonchev–Trinajstić information content (AvgIpc) is 2.37. The van der Waals surface area contributed by atoms with Crippen LogP contribution in [0.2, 0.25) is 0 Å². The van der Waals surface area contributed by atoms with Crippen molar-refractivity contribution in [1.82, 2.24) is 4.90 Å². The minimum absolute atomic E-state index is 0.0749. The van der Waals surface area contributed by atoms with Crippen LogP contribution in [0.15, 0.2) is 0 Å². The van der Waals surface area contributed by atoms with Crippen LogP contribution in [0.5, 0.6) is 0 Å². The van der Waals surface area contributed by atoms with Gasteiger partial charge in [-0.15, -0.1) is 0 Å². The van der Waals surface area contributed by atoms with Gasteiger partial charge in [-0.1, -0.05) is 0 Å². The van der Waals surface area contributed by atoms with Crippen molar-refractivity contribution < 1.29 is 86.1 Å². The fraction of sp³-hybridized carbons (Fsp3) is 1.00. The normalized spacial score (nSPS) is 15.5. The molecule has 0 aromatic heterocycles. The molecule has 0 radical (unpaired) electrons. The summed E-state index contributed by atoms with van der Waals surface area (Å²) in [5.74, 6) is 0. The summed E-state index contributed by atoms with van der Waals surface area (Å²) in [4.78, 5) is 110. The summed E-state index contributed by atoms with van der Waals surface area (Å²) < 4.78 is 68.6. The van der Waals surface area contributed by atoms with E-state index in [9.17, 15) is 27.4 Å². The highest BCUT2D eigenvalue weighted by Crippen LogP contribution is 2.64. The minimum atomic E-state index is -5.78. The monoisotopic (exact) mass is 581 g/mol. The second-order valence-corrected chi connectivity index (χ2v) is 18.2. The van der Waals surface area contributed by atoms with E-state index in [4.69, 9.17) is 58.7 Å². The number of nitrogens with zero attached hydrogens (tertiary/aromatic N) is 1. The fourth-order valence-electron chi connectivity index (χ4n) is 2.14. The van der Waals surface area contributed by atoms with Gasteiger partial charge in [0, 0.05) is 19.6 Å². The molecule has 0 aromatic carbocycles. The lowest BCUT2D eigenvalue weighted by Gasteiger charge is -2.33. The Labute approximate surface area is 173 Å². The molecule has 0 saturated heterocycles. The van der Waals surface area contributed by atoms with Gasteiger partial charge >= 0.3 is 45.6 Å². The molecular weight excluding hydrogens is 560 g/mol. The van der Waals surface area contributed by atoms with Gasteiger partial charge in [0.15, 0.2) is 16.2 Å². The molecule has 25 heteroatoms. The third-order valence-corrected chi connectivity index (χ3v) is 14.6. The molecule has 0 rings (SSSR count). The van der Waals surface area contributed by atoms with Gasteiger partial charge in [-0.2, -0.15) is 0 Å². The Morgan fingerprint density at radius 3 is 0.613 bits per heavy atom. The lowest BCUT2D eigenvalue weighted by molar-refractivity contribution is 0.244. The van der Waals surface area contributed by atoms with Crippen LogP contribution in [0.25, 0.3) is 0 Å². The number of hydrogen-bond acceptors (Lipinski definition) is 7. The summed E-state index contributed by atoms with van der Waals surface area (Å²) in [5.41, 5.74) is 0. The van der Waals surface area contributed by atoms with Gasteiger partial charge in [-0.25, -0.2) is 0 Å². The smallest absolute Gasteiger partial charge is 0.324 e. The molecule has 0 spiro atoms. The van der Waals surface area contributed by atoms with Crippen molar-refractivity contribution in [3.05, 3.63) is 0 Å². The molecule has 0 saturated carbocycles. The molecule has 19 nitrogen and oxygen atoms in total. The van der Waals surface area contributed by atoms with Crippen LogP contribution in [0.4, 0.5) is 0 Å². The second-order valence-electron chi connectivity index (χ2n) is 6.19. The predicted molar refractivity (Wildman–Crippen MR) is 100 cm³/mol. The van der Waals surface area contributed by atoms with Crippen LogP contribution in [-0.4, -0.2) is 99.5 Å². The molecule has 0 fully saturated rings.